The van der Waals surface area contributed by atoms with Crippen molar-refractivity contribution >= 4 is 11.8 Å². The van der Waals surface area contributed by atoms with Gasteiger partial charge in [-0.15, -0.1) is 0 Å². The molecule has 0 aliphatic heterocycles. The van der Waals surface area contributed by atoms with Crippen LogP contribution in [0.1, 0.15) is 48.2 Å². The Morgan fingerprint density at radius 3 is 2.67 bits per heavy atom. The average Bonchev–Trinajstić information content (AvgIpc) is 3.37. The standard InChI is InChI=1S/C25H28N4O4/c1-26-25(31)23(18-7-3-2-4-8-18)29-24(30)22-12-11-21(33-22)20-10-9-19(15-28-20)32-16-17-6-5-13-27-14-17/h5-6,9-15,18,23H,2-4,7-8,16H2,1H3,(H,26,31)(H,29,30)/t23-/m0/s1. The zero-order valence-corrected chi connectivity index (χ0v) is 18.6. The minimum absolute atomic E-state index is 0.137. The molecule has 0 unspecified atom stereocenters. The van der Waals surface area contributed by atoms with Crippen LogP contribution in [-0.2, 0) is 11.4 Å². The fraction of sp³-hybridized carbons (Fsp3) is 0.360. The van der Waals surface area contributed by atoms with Crippen molar-refractivity contribution in [2.75, 3.05) is 7.05 Å². The van der Waals surface area contributed by atoms with E-state index in [4.69, 9.17) is 9.15 Å². The predicted octanol–water partition coefficient (Wildman–Crippen LogP) is 3.74. The van der Waals surface area contributed by atoms with Gasteiger partial charge in [0, 0.05) is 25.0 Å². The predicted molar refractivity (Wildman–Crippen MR) is 122 cm³/mol. The Hall–Kier alpha value is -3.68. The number of amides is 2. The van der Waals surface area contributed by atoms with Gasteiger partial charge in [-0.05, 0) is 49.1 Å². The summed E-state index contributed by atoms with van der Waals surface area (Å²) in [7, 11) is 1.59. The Morgan fingerprint density at radius 2 is 1.97 bits per heavy atom. The molecule has 3 aromatic rings. The molecular weight excluding hydrogens is 420 g/mol. The van der Waals surface area contributed by atoms with Crippen LogP contribution in [0.2, 0.25) is 0 Å². The minimum Gasteiger partial charge on any atom is -0.487 e. The maximum atomic E-state index is 12.8. The highest BCUT2D eigenvalue weighted by atomic mass is 16.5. The molecule has 3 aromatic heterocycles. The van der Waals surface area contributed by atoms with E-state index in [1.807, 2.05) is 12.1 Å². The summed E-state index contributed by atoms with van der Waals surface area (Å²) in [6.07, 6.45) is 10.3. The van der Waals surface area contributed by atoms with Crippen molar-refractivity contribution in [1.82, 2.24) is 20.6 Å². The van der Waals surface area contributed by atoms with Gasteiger partial charge in [-0.25, -0.2) is 4.98 Å². The van der Waals surface area contributed by atoms with Gasteiger partial charge in [0.05, 0.1) is 6.20 Å². The zero-order valence-electron chi connectivity index (χ0n) is 18.6. The lowest BCUT2D eigenvalue weighted by Gasteiger charge is -2.29. The highest BCUT2D eigenvalue weighted by molar-refractivity contribution is 5.96. The first kappa shape index (κ1) is 22.5. The minimum atomic E-state index is -0.564. The molecule has 8 heteroatoms. The van der Waals surface area contributed by atoms with Crippen LogP contribution >= 0.6 is 0 Å². The van der Waals surface area contributed by atoms with Crippen molar-refractivity contribution in [3.05, 3.63) is 66.3 Å². The Bertz CT molecular complexity index is 1060. The summed E-state index contributed by atoms with van der Waals surface area (Å²) in [6.45, 7) is 0.396. The molecular formula is C25H28N4O4. The Kier molecular flexibility index (Phi) is 7.34. The van der Waals surface area contributed by atoms with Gasteiger partial charge in [0.1, 0.15) is 24.1 Å². The fourth-order valence-corrected chi connectivity index (χ4v) is 4.09. The van der Waals surface area contributed by atoms with Gasteiger partial charge in [0.2, 0.25) is 5.91 Å². The highest BCUT2D eigenvalue weighted by Gasteiger charge is 2.31. The van der Waals surface area contributed by atoms with Crippen molar-refractivity contribution in [3.8, 4) is 17.2 Å². The number of hydrogen-bond acceptors (Lipinski definition) is 6. The number of pyridine rings is 2. The number of nitrogens with zero attached hydrogens (tertiary/aromatic N) is 2. The number of nitrogens with one attached hydrogen (secondary N) is 2. The maximum absolute atomic E-state index is 12.8. The van der Waals surface area contributed by atoms with Crippen molar-refractivity contribution in [3.63, 3.8) is 0 Å². The van der Waals surface area contributed by atoms with Gasteiger partial charge in [0.25, 0.3) is 5.91 Å². The Balaban J connectivity index is 1.39. The maximum Gasteiger partial charge on any atom is 0.287 e. The van der Waals surface area contributed by atoms with Crippen molar-refractivity contribution in [1.29, 1.82) is 0 Å². The van der Waals surface area contributed by atoms with Crippen LogP contribution in [0.3, 0.4) is 0 Å². The van der Waals surface area contributed by atoms with E-state index in [0.717, 1.165) is 31.2 Å². The van der Waals surface area contributed by atoms with E-state index in [1.165, 1.54) is 6.42 Å². The summed E-state index contributed by atoms with van der Waals surface area (Å²) in [4.78, 5) is 33.6. The van der Waals surface area contributed by atoms with E-state index < -0.39 is 11.9 Å². The first-order valence-electron chi connectivity index (χ1n) is 11.2. The lowest BCUT2D eigenvalue weighted by atomic mass is 9.83. The second kappa shape index (κ2) is 10.8. The number of aromatic nitrogens is 2. The summed E-state index contributed by atoms with van der Waals surface area (Å²) in [6, 6.07) is 10.1. The van der Waals surface area contributed by atoms with E-state index in [2.05, 4.69) is 20.6 Å². The van der Waals surface area contributed by atoms with Gasteiger partial charge in [0.15, 0.2) is 11.5 Å². The zero-order chi connectivity index (χ0) is 23.0. The first-order chi connectivity index (χ1) is 16.1. The molecule has 0 bridgehead atoms. The number of furan rings is 1. The molecule has 1 aliphatic rings. The van der Waals surface area contributed by atoms with Gasteiger partial charge >= 0.3 is 0 Å². The molecule has 0 saturated heterocycles. The van der Waals surface area contributed by atoms with Gasteiger partial charge in [-0.3, -0.25) is 14.6 Å². The second-order valence-electron chi connectivity index (χ2n) is 8.16. The van der Waals surface area contributed by atoms with Crippen molar-refractivity contribution in [2.45, 2.75) is 44.8 Å². The molecule has 0 radical (unpaired) electrons. The molecule has 1 fully saturated rings. The third-order valence-corrected chi connectivity index (χ3v) is 5.88. The van der Waals surface area contributed by atoms with Crippen molar-refractivity contribution in [2.24, 2.45) is 5.92 Å². The fourth-order valence-electron chi connectivity index (χ4n) is 4.09. The van der Waals surface area contributed by atoms with Crippen LogP contribution in [0.25, 0.3) is 11.5 Å². The molecule has 8 nitrogen and oxygen atoms in total. The van der Waals surface area contributed by atoms with Crippen LogP contribution in [0.15, 0.2) is 59.4 Å². The second-order valence-corrected chi connectivity index (χ2v) is 8.16. The SMILES string of the molecule is CNC(=O)[C@@H](NC(=O)c1ccc(-c2ccc(OCc3cccnc3)cn2)o1)C1CCCCC1. The van der Waals surface area contributed by atoms with E-state index in [1.54, 1.807) is 49.9 Å². The lowest BCUT2D eigenvalue weighted by Crippen LogP contribution is -2.50. The van der Waals surface area contributed by atoms with E-state index >= 15 is 0 Å². The normalized spacial score (nSPS) is 14.9. The number of carbonyl (C=O) groups is 2. The molecule has 0 aromatic carbocycles. The molecule has 1 saturated carbocycles. The largest absolute Gasteiger partial charge is 0.487 e. The molecule has 1 atom stereocenters. The first-order valence-corrected chi connectivity index (χ1v) is 11.2. The van der Waals surface area contributed by atoms with E-state index in [9.17, 15) is 9.59 Å². The molecule has 33 heavy (non-hydrogen) atoms. The number of hydrogen-bond donors (Lipinski definition) is 2. The summed E-state index contributed by atoms with van der Waals surface area (Å²) in [5.74, 6) is 0.787. The number of rotatable bonds is 8. The third-order valence-electron chi connectivity index (χ3n) is 5.88. The van der Waals surface area contributed by atoms with E-state index in [-0.39, 0.29) is 17.6 Å². The van der Waals surface area contributed by atoms with Crippen LogP contribution in [0, 0.1) is 5.92 Å². The smallest absolute Gasteiger partial charge is 0.287 e. The van der Waals surface area contributed by atoms with Crippen LogP contribution in [0.4, 0.5) is 0 Å². The highest BCUT2D eigenvalue weighted by Crippen LogP contribution is 2.27. The van der Waals surface area contributed by atoms with Crippen LogP contribution in [-0.4, -0.2) is 34.9 Å². The molecule has 2 amide bonds. The summed E-state index contributed by atoms with van der Waals surface area (Å²) in [5, 5.41) is 5.54. The average molecular weight is 449 g/mol. The van der Waals surface area contributed by atoms with Crippen LogP contribution < -0.4 is 15.4 Å². The Labute approximate surface area is 192 Å². The number of ether oxygens (including phenoxy) is 1. The quantitative estimate of drug-likeness (QED) is 0.544. The molecule has 172 valence electrons. The molecule has 3 heterocycles. The monoisotopic (exact) mass is 448 g/mol. The molecule has 2 N–H and O–H groups in total. The molecule has 4 rings (SSSR count). The topological polar surface area (TPSA) is 106 Å². The van der Waals surface area contributed by atoms with Gasteiger partial charge in [-0.2, -0.15) is 0 Å². The van der Waals surface area contributed by atoms with Crippen molar-refractivity contribution < 1.29 is 18.7 Å². The van der Waals surface area contributed by atoms with Gasteiger partial charge < -0.3 is 19.8 Å². The Morgan fingerprint density at radius 1 is 1.12 bits per heavy atom. The molecule has 1 aliphatic carbocycles. The number of likely N-dealkylation sites (N-methyl/N-ethyl adjacent to an activating group) is 1. The van der Waals surface area contributed by atoms with Gasteiger partial charge in [-0.1, -0.05) is 25.3 Å². The lowest BCUT2D eigenvalue weighted by molar-refractivity contribution is -0.124. The third kappa shape index (κ3) is 5.77. The summed E-state index contributed by atoms with van der Waals surface area (Å²) >= 11 is 0. The number of carbonyl (C=O) groups excluding carboxylic acids is 2. The summed E-state index contributed by atoms with van der Waals surface area (Å²) in [5.41, 5.74) is 1.55. The summed E-state index contributed by atoms with van der Waals surface area (Å²) < 4.78 is 11.5. The van der Waals surface area contributed by atoms with E-state index in [0.29, 0.717) is 23.8 Å². The van der Waals surface area contributed by atoms with Crippen LogP contribution in [0.5, 0.6) is 5.75 Å². The molecule has 0 spiro atoms.